The Balaban J connectivity index is 2.69. The van der Waals surface area contributed by atoms with Crippen LogP contribution in [0, 0.1) is 0 Å². The fourth-order valence-electron chi connectivity index (χ4n) is 1.93. The van der Waals surface area contributed by atoms with E-state index in [1.807, 2.05) is 0 Å². The Morgan fingerprint density at radius 1 is 1.59 bits per heavy atom. The van der Waals surface area contributed by atoms with Crippen molar-refractivity contribution in [3.8, 4) is 0 Å². The number of carbonyl (C=O) groups excluding carboxylic acids is 1. The number of aromatic nitrogens is 2. The van der Waals surface area contributed by atoms with Crippen LogP contribution >= 0.6 is 0 Å². The molecule has 8 heteroatoms. The molecule has 1 unspecified atom stereocenters. The first-order valence-corrected chi connectivity index (χ1v) is 5.06. The highest BCUT2D eigenvalue weighted by Gasteiger charge is 2.38. The van der Waals surface area contributed by atoms with Crippen LogP contribution < -0.4 is 27.2 Å². The SMILES string of the molecule is CC(=O)N1c2c(nc(N)[nH]c2=O)NCC1(C)N. The summed E-state index contributed by atoms with van der Waals surface area (Å²) in [7, 11) is 0. The molecule has 1 atom stereocenters. The van der Waals surface area contributed by atoms with Gasteiger partial charge in [0.2, 0.25) is 11.9 Å². The Morgan fingerprint density at radius 3 is 2.82 bits per heavy atom. The highest BCUT2D eigenvalue weighted by molar-refractivity contribution is 5.96. The zero-order valence-electron chi connectivity index (χ0n) is 9.57. The van der Waals surface area contributed by atoms with Gasteiger partial charge < -0.3 is 16.8 Å². The van der Waals surface area contributed by atoms with Crippen LogP contribution in [0.1, 0.15) is 13.8 Å². The Labute approximate surface area is 97.0 Å². The minimum atomic E-state index is -0.983. The molecule has 8 nitrogen and oxygen atoms in total. The number of amides is 1. The number of nitrogens with two attached hydrogens (primary N) is 2. The topological polar surface area (TPSA) is 130 Å². The van der Waals surface area contributed by atoms with E-state index in [1.165, 1.54) is 11.8 Å². The quantitative estimate of drug-likeness (QED) is 0.449. The van der Waals surface area contributed by atoms with Gasteiger partial charge >= 0.3 is 0 Å². The third-order valence-corrected chi connectivity index (χ3v) is 2.58. The zero-order chi connectivity index (χ0) is 12.8. The molecule has 1 aromatic heterocycles. The van der Waals surface area contributed by atoms with Crippen LogP contribution in [0.2, 0.25) is 0 Å². The van der Waals surface area contributed by atoms with E-state index in [-0.39, 0.29) is 29.9 Å². The minimum Gasteiger partial charge on any atom is -0.369 e. The van der Waals surface area contributed by atoms with Crippen LogP contribution in [0.5, 0.6) is 0 Å². The number of H-pyrrole nitrogens is 1. The molecule has 0 bridgehead atoms. The molecule has 0 saturated heterocycles. The van der Waals surface area contributed by atoms with Gasteiger partial charge in [-0.05, 0) is 6.92 Å². The predicted octanol–water partition coefficient (Wildman–Crippen LogP) is -1.19. The molecule has 0 fully saturated rings. The number of hydrogen-bond acceptors (Lipinski definition) is 6. The van der Waals surface area contributed by atoms with Crippen molar-refractivity contribution in [2.75, 3.05) is 22.5 Å². The first-order valence-electron chi connectivity index (χ1n) is 5.06. The van der Waals surface area contributed by atoms with Gasteiger partial charge in [-0.15, -0.1) is 0 Å². The van der Waals surface area contributed by atoms with Crippen LogP contribution in [0.25, 0.3) is 0 Å². The van der Waals surface area contributed by atoms with Gasteiger partial charge in [-0.25, -0.2) is 0 Å². The lowest BCUT2D eigenvalue weighted by atomic mass is 10.1. The van der Waals surface area contributed by atoms with E-state index in [4.69, 9.17) is 11.5 Å². The van der Waals surface area contributed by atoms with Gasteiger partial charge in [-0.1, -0.05) is 0 Å². The number of carbonyl (C=O) groups is 1. The smallest absolute Gasteiger partial charge is 0.278 e. The van der Waals surface area contributed by atoms with Crippen molar-refractivity contribution in [3.63, 3.8) is 0 Å². The summed E-state index contributed by atoms with van der Waals surface area (Å²) in [4.78, 5) is 30.9. The monoisotopic (exact) mass is 238 g/mol. The first-order chi connectivity index (χ1) is 7.83. The summed E-state index contributed by atoms with van der Waals surface area (Å²) < 4.78 is 0. The van der Waals surface area contributed by atoms with Crippen LogP contribution in [-0.4, -0.2) is 28.1 Å². The standard InChI is InChI=1S/C9H14N6O2/c1-4(16)15-5-6(12-3-9(15,2)11)13-8(10)14-7(5)17/h3,11H2,1-2H3,(H4,10,12,13,14,17). The lowest BCUT2D eigenvalue weighted by Gasteiger charge is -2.41. The molecule has 0 spiro atoms. The van der Waals surface area contributed by atoms with Crippen molar-refractivity contribution in [1.29, 1.82) is 0 Å². The molecule has 0 aromatic carbocycles. The summed E-state index contributed by atoms with van der Waals surface area (Å²) in [5, 5.41) is 2.89. The summed E-state index contributed by atoms with van der Waals surface area (Å²) in [5.74, 6) is -0.0652. The maximum absolute atomic E-state index is 11.8. The molecule has 2 heterocycles. The van der Waals surface area contributed by atoms with Crippen molar-refractivity contribution >= 4 is 23.4 Å². The van der Waals surface area contributed by atoms with Crippen molar-refractivity contribution in [3.05, 3.63) is 10.4 Å². The fraction of sp³-hybridized carbons (Fsp3) is 0.444. The first kappa shape index (κ1) is 11.4. The van der Waals surface area contributed by atoms with Crippen LogP contribution in [0.4, 0.5) is 17.5 Å². The molecular formula is C9H14N6O2. The normalized spacial score (nSPS) is 22.9. The van der Waals surface area contributed by atoms with E-state index in [2.05, 4.69) is 15.3 Å². The fourth-order valence-corrected chi connectivity index (χ4v) is 1.93. The number of aromatic amines is 1. The summed E-state index contributed by atoms with van der Waals surface area (Å²) >= 11 is 0. The van der Waals surface area contributed by atoms with Crippen LogP contribution in [-0.2, 0) is 4.79 Å². The number of anilines is 3. The van der Waals surface area contributed by atoms with Crippen molar-refractivity contribution in [2.45, 2.75) is 19.5 Å². The lowest BCUT2D eigenvalue weighted by molar-refractivity contribution is -0.117. The molecule has 0 radical (unpaired) electrons. The molecule has 1 amide bonds. The molecule has 0 aliphatic carbocycles. The number of nitrogens with zero attached hydrogens (tertiary/aromatic N) is 2. The molecule has 17 heavy (non-hydrogen) atoms. The number of hydrogen-bond donors (Lipinski definition) is 4. The molecule has 92 valence electrons. The maximum Gasteiger partial charge on any atom is 0.278 e. The molecule has 6 N–H and O–H groups in total. The minimum absolute atomic E-state index is 0.00891. The van der Waals surface area contributed by atoms with Crippen molar-refractivity contribution in [2.24, 2.45) is 5.73 Å². The number of nitrogens with one attached hydrogen (secondary N) is 2. The van der Waals surface area contributed by atoms with E-state index in [1.54, 1.807) is 6.92 Å². The number of nitrogen functional groups attached to an aromatic ring is 1. The third kappa shape index (κ3) is 1.72. The Kier molecular flexibility index (Phi) is 2.32. The van der Waals surface area contributed by atoms with Crippen LogP contribution in [0.15, 0.2) is 4.79 Å². The largest absolute Gasteiger partial charge is 0.369 e. The van der Waals surface area contributed by atoms with E-state index >= 15 is 0 Å². The van der Waals surface area contributed by atoms with Gasteiger partial charge in [0.25, 0.3) is 5.56 Å². The Hall–Kier alpha value is -2.09. The lowest BCUT2D eigenvalue weighted by Crippen LogP contribution is -2.63. The molecule has 1 aliphatic heterocycles. The van der Waals surface area contributed by atoms with E-state index < -0.39 is 11.2 Å². The van der Waals surface area contributed by atoms with Crippen LogP contribution in [0.3, 0.4) is 0 Å². The van der Waals surface area contributed by atoms with Gasteiger partial charge in [0.05, 0.1) is 6.54 Å². The molecule has 1 aliphatic rings. The highest BCUT2D eigenvalue weighted by Crippen LogP contribution is 2.29. The van der Waals surface area contributed by atoms with Gasteiger partial charge in [0.15, 0.2) is 11.5 Å². The average Bonchev–Trinajstić information content (AvgIpc) is 2.17. The zero-order valence-corrected chi connectivity index (χ0v) is 9.57. The summed E-state index contributed by atoms with van der Waals surface area (Å²) in [6, 6.07) is 0. The second kappa shape index (κ2) is 3.45. The van der Waals surface area contributed by atoms with Crippen molar-refractivity contribution in [1.82, 2.24) is 9.97 Å². The van der Waals surface area contributed by atoms with Gasteiger partial charge in [0.1, 0.15) is 5.66 Å². The molecule has 2 rings (SSSR count). The Bertz CT molecular complexity index is 535. The molecular weight excluding hydrogens is 224 g/mol. The summed E-state index contributed by atoms with van der Waals surface area (Å²) in [6.07, 6.45) is 0. The number of fused-ring (bicyclic) bond motifs is 1. The maximum atomic E-state index is 11.8. The second-order valence-electron chi connectivity index (χ2n) is 4.21. The highest BCUT2D eigenvalue weighted by atomic mass is 16.2. The summed E-state index contributed by atoms with van der Waals surface area (Å²) in [6.45, 7) is 3.28. The summed E-state index contributed by atoms with van der Waals surface area (Å²) in [5.41, 5.74) is 10.0. The average molecular weight is 238 g/mol. The van der Waals surface area contributed by atoms with E-state index in [9.17, 15) is 9.59 Å². The van der Waals surface area contributed by atoms with E-state index in [0.717, 1.165) is 0 Å². The van der Waals surface area contributed by atoms with Gasteiger partial charge in [-0.3, -0.25) is 19.5 Å². The molecule has 0 saturated carbocycles. The number of rotatable bonds is 0. The third-order valence-electron chi connectivity index (χ3n) is 2.58. The Morgan fingerprint density at radius 2 is 2.24 bits per heavy atom. The predicted molar refractivity (Wildman–Crippen MR) is 63.5 cm³/mol. The second-order valence-corrected chi connectivity index (χ2v) is 4.21. The van der Waals surface area contributed by atoms with E-state index in [0.29, 0.717) is 0 Å². The van der Waals surface area contributed by atoms with Crippen molar-refractivity contribution < 1.29 is 4.79 Å². The van der Waals surface area contributed by atoms with Gasteiger partial charge in [-0.2, -0.15) is 4.98 Å². The molecule has 1 aromatic rings. The van der Waals surface area contributed by atoms with Gasteiger partial charge in [0, 0.05) is 6.92 Å².